The molecule has 1 heterocycles. The minimum Gasteiger partial charge on any atom is -0.496 e. The van der Waals surface area contributed by atoms with Crippen LogP contribution < -0.4 is 15.5 Å². The van der Waals surface area contributed by atoms with E-state index in [1.54, 1.807) is 36.7 Å². The molecule has 0 unspecified atom stereocenters. The summed E-state index contributed by atoms with van der Waals surface area (Å²) in [5.41, 5.74) is 6.62. The molecule has 0 fully saturated rings. The van der Waals surface area contributed by atoms with Crippen molar-refractivity contribution in [3.8, 4) is 5.75 Å². The first-order valence-corrected chi connectivity index (χ1v) is 11.6. The molecule has 3 rings (SSSR count). The molecule has 9 heteroatoms. The normalized spacial score (nSPS) is 13.2. The van der Waals surface area contributed by atoms with Gasteiger partial charge in [-0.1, -0.05) is 41.2 Å². The van der Waals surface area contributed by atoms with Crippen molar-refractivity contribution >= 4 is 51.6 Å². The van der Waals surface area contributed by atoms with E-state index in [1.807, 2.05) is 44.2 Å². The van der Waals surface area contributed by atoms with Crippen molar-refractivity contribution in [2.45, 2.75) is 19.6 Å². The number of aryl methyl sites for hydroxylation is 2. The van der Waals surface area contributed by atoms with Gasteiger partial charge in [-0.25, -0.2) is 5.43 Å². The fourth-order valence-corrected chi connectivity index (χ4v) is 4.87. The third-order valence-corrected chi connectivity index (χ3v) is 6.73. The van der Waals surface area contributed by atoms with Crippen molar-refractivity contribution in [1.29, 1.82) is 0 Å². The van der Waals surface area contributed by atoms with Gasteiger partial charge in [0, 0.05) is 22.8 Å². The summed E-state index contributed by atoms with van der Waals surface area (Å²) in [6.45, 7) is 4.70. The van der Waals surface area contributed by atoms with Crippen molar-refractivity contribution in [2.24, 2.45) is 10.1 Å². The predicted molar refractivity (Wildman–Crippen MR) is 129 cm³/mol. The van der Waals surface area contributed by atoms with Crippen LogP contribution in [0.25, 0.3) is 0 Å². The molecule has 1 aliphatic heterocycles. The van der Waals surface area contributed by atoms with Gasteiger partial charge in [0.25, 0.3) is 0 Å². The topological polar surface area (TPSA) is 92.1 Å². The predicted octanol–water partition coefficient (Wildman–Crippen LogP) is 3.74. The number of benzene rings is 2. The Bertz CT molecular complexity index is 1040. The lowest BCUT2D eigenvalue weighted by Gasteiger charge is -2.09. The van der Waals surface area contributed by atoms with Crippen LogP contribution in [0.3, 0.4) is 0 Å². The van der Waals surface area contributed by atoms with Gasteiger partial charge in [0.05, 0.1) is 19.9 Å². The van der Waals surface area contributed by atoms with E-state index in [0.717, 1.165) is 50.4 Å². The van der Waals surface area contributed by atoms with E-state index in [9.17, 15) is 9.59 Å². The maximum Gasteiger partial charge on any atom is 0.329 e. The number of hydrazone groups is 1. The van der Waals surface area contributed by atoms with E-state index >= 15 is 0 Å². The molecule has 2 aromatic rings. The number of anilines is 1. The number of nitrogens with one attached hydrogen (secondary N) is 2. The molecule has 7 nitrogen and oxygen atoms in total. The minimum absolute atomic E-state index is 0.594. The molecule has 0 bridgehead atoms. The Morgan fingerprint density at radius 1 is 1.23 bits per heavy atom. The molecule has 1 aliphatic rings. The van der Waals surface area contributed by atoms with Crippen LogP contribution in [0, 0.1) is 13.8 Å². The van der Waals surface area contributed by atoms with Crippen molar-refractivity contribution in [3.63, 3.8) is 0 Å². The molecule has 2 amide bonds. The fourth-order valence-electron chi connectivity index (χ4n) is 2.88. The maximum atomic E-state index is 12.1. The molecule has 31 heavy (non-hydrogen) atoms. The van der Waals surface area contributed by atoms with Crippen LogP contribution in [-0.2, 0) is 15.3 Å². The SMILES string of the molecule is COc1ccc(/C=N/NC(=O)C(=O)Nc2ccc(C)cc2C)cc1CSC1=NCCS1. The number of hydrogen-bond acceptors (Lipinski definition) is 7. The van der Waals surface area contributed by atoms with Gasteiger partial charge in [0.1, 0.15) is 10.1 Å². The Morgan fingerprint density at radius 2 is 2.06 bits per heavy atom. The maximum absolute atomic E-state index is 12.1. The van der Waals surface area contributed by atoms with Gasteiger partial charge >= 0.3 is 11.8 Å². The lowest BCUT2D eigenvalue weighted by atomic mass is 10.1. The standard InChI is InChI=1S/C22H24N4O3S2/c1-14-4-6-18(15(2)10-14)25-20(27)21(28)26-24-12-16-5-7-19(29-3)17(11-16)13-31-22-23-8-9-30-22/h4-7,10-12H,8-9,13H2,1-3H3,(H,25,27)(H,26,28)/b24-12+. The molecular weight excluding hydrogens is 432 g/mol. The number of aliphatic imine (C=N–C) groups is 1. The van der Waals surface area contributed by atoms with Crippen molar-refractivity contribution in [2.75, 3.05) is 24.7 Å². The van der Waals surface area contributed by atoms with Crippen molar-refractivity contribution in [3.05, 3.63) is 58.7 Å². The van der Waals surface area contributed by atoms with E-state index < -0.39 is 11.8 Å². The lowest BCUT2D eigenvalue weighted by Crippen LogP contribution is -2.32. The fraction of sp³-hybridized carbons (Fsp3) is 0.273. The van der Waals surface area contributed by atoms with Crippen LogP contribution in [-0.4, -0.2) is 41.8 Å². The van der Waals surface area contributed by atoms with Crippen LogP contribution in [0.5, 0.6) is 5.75 Å². The number of ether oxygens (including phenoxy) is 1. The van der Waals surface area contributed by atoms with Gasteiger partial charge in [-0.05, 0) is 49.2 Å². The third kappa shape index (κ3) is 6.60. The first-order chi connectivity index (χ1) is 15.0. The first kappa shape index (κ1) is 22.9. The second-order valence-corrected chi connectivity index (χ2v) is 9.13. The molecule has 2 aromatic carbocycles. The van der Waals surface area contributed by atoms with E-state index in [0.29, 0.717) is 5.69 Å². The molecule has 0 atom stereocenters. The number of nitrogens with zero attached hydrogens (tertiary/aromatic N) is 2. The minimum atomic E-state index is -0.836. The largest absolute Gasteiger partial charge is 0.496 e. The monoisotopic (exact) mass is 456 g/mol. The first-order valence-electron chi connectivity index (χ1n) is 9.65. The highest BCUT2D eigenvalue weighted by Crippen LogP contribution is 2.29. The highest BCUT2D eigenvalue weighted by atomic mass is 32.2. The highest BCUT2D eigenvalue weighted by Gasteiger charge is 2.14. The lowest BCUT2D eigenvalue weighted by molar-refractivity contribution is -0.136. The Hall–Kier alpha value is -2.78. The zero-order chi connectivity index (χ0) is 22.2. The molecule has 2 N–H and O–H groups in total. The van der Waals surface area contributed by atoms with Crippen LogP contribution >= 0.6 is 23.5 Å². The van der Waals surface area contributed by atoms with Crippen LogP contribution in [0.2, 0.25) is 0 Å². The Balaban J connectivity index is 1.58. The van der Waals surface area contributed by atoms with E-state index in [2.05, 4.69) is 20.8 Å². The number of methoxy groups -OCH3 is 1. The Kier molecular flexibility index (Phi) is 8.13. The molecule has 162 valence electrons. The zero-order valence-corrected chi connectivity index (χ0v) is 19.2. The van der Waals surface area contributed by atoms with Crippen LogP contribution in [0.15, 0.2) is 46.5 Å². The third-order valence-electron chi connectivity index (χ3n) is 4.43. The number of hydrogen-bond donors (Lipinski definition) is 2. The summed E-state index contributed by atoms with van der Waals surface area (Å²) in [5, 5.41) is 6.51. The number of thioether (sulfide) groups is 2. The average Bonchev–Trinajstić information content (AvgIpc) is 3.28. The van der Waals surface area contributed by atoms with Crippen LogP contribution in [0.1, 0.15) is 22.3 Å². The molecule has 0 radical (unpaired) electrons. The summed E-state index contributed by atoms with van der Waals surface area (Å²) in [7, 11) is 1.63. The molecule has 0 saturated heterocycles. The summed E-state index contributed by atoms with van der Waals surface area (Å²) >= 11 is 3.44. The van der Waals surface area contributed by atoms with Gasteiger partial charge in [0.15, 0.2) is 0 Å². The van der Waals surface area contributed by atoms with E-state index in [4.69, 9.17) is 4.74 Å². The number of carbonyl (C=O) groups excluding carboxylic acids is 2. The quantitative estimate of drug-likeness (QED) is 0.393. The molecule has 0 saturated carbocycles. The summed E-state index contributed by atoms with van der Waals surface area (Å²) in [6.07, 6.45) is 1.50. The molecule has 0 spiro atoms. The van der Waals surface area contributed by atoms with Crippen LogP contribution in [0.4, 0.5) is 5.69 Å². The summed E-state index contributed by atoms with van der Waals surface area (Å²) < 4.78 is 6.52. The summed E-state index contributed by atoms with van der Waals surface area (Å²) in [4.78, 5) is 28.6. The van der Waals surface area contributed by atoms with E-state index in [-0.39, 0.29) is 0 Å². The number of rotatable bonds is 6. The van der Waals surface area contributed by atoms with E-state index in [1.165, 1.54) is 6.21 Å². The smallest absolute Gasteiger partial charge is 0.329 e. The zero-order valence-electron chi connectivity index (χ0n) is 17.6. The Morgan fingerprint density at radius 3 is 2.77 bits per heavy atom. The van der Waals surface area contributed by atoms with Crippen molar-refractivity contribution < 1.29 is 14.3 Å². The van der Waals surface area contributed by atoms with Gasteiger partial charge < -0.3 is 10.1 Å². The summed E-state index contributed by atoms with van der Waals surface area (Å²) in [5.74, 6) is 0.928. The Labute approximate surface area is 190 Å². The second-order valence-electron chi connectivity index (χ2n) is 6.83. The van der Waals surface area contributed by atoms with Crippen molar-refractivity contribution in [1.82, 2.24) is 5.43 Å². The van der Waals surface area contributed by atoms with Gasteiger partial charge in [-0.2, -0.15) is 5.10 Å². The number of amides is 2. The molecule has 0 aliphatic carbocycles. The van der Waals surface area contributed by atoms with Gasteiger partial charge in [-0.15, -0.1) is 0 Å². The highest BCUT2D eigenvalue weighted by molar-refractivity contribution is 8.38. The van der Waals surface area contributed by atoms with Gasteiger partial charge in [0.2, 0.25) is 0 Å². The average molecular weight is 457 g/mol. The number of carbonyl (C=O) groups is 2. The second kappa shape index (κ2) is 11.0. The van der Waals surface area contributed by atoms with Gasteiger partial charge in [-0.3, -0.25) is 14.6 Å². The molecular formula is C22H24N4O3S2. The molecule has 0 aromatic heterocycles. The summed E-state index contributed by atoms with van der Waals surface area (Å²) in [6, 6.07) is 11.2.